The fourth-order valence-electron chi connectivity index (χ4n) is 1.48. The van der Waals surface area contributed by atoms with Crippen molar-refractivity contribution in [2.75, 3.05) is 12.8 Å². The van der Waals surface area contributed by atoms with Crippen molar-refractivity contribution in [1.29, 1.82) is 0 Å². The second kappa shape index (κ2) is 7.35. The predicted molar refractivity (Wildman–Crippen MR) is 81.7 cm³/mol. The van der Waals surface area contributed by atoms with Crippen LogP contribution in [0.2, 0.25) is 5.02 Å². The number of halogens is 1. The van der Waals surface area contributed by atoms with E-state index in [0.717, 1.165) is 6.07 Å². The molecule has 0 heterocycles. The van der Waals surface area contributed by atoms with Crippen LogP contribution >= 0.6 is 11.6 Å². The van der Waals surface area contributed by atoms with Gasteiger partial charge in [-0.2, -0.15) is 0 Å². The zero-order valence-corrected chi connectivity index (χ0v) is 13.9. The Morgan fingerprint density at radius 1 is 1.48 bits per heavy atom. The summed E-state index contributed by atoms with van der Waals surface area (Å²) in [6.07, 6.45) is 1.95. The number of carboxylic acids is 1. The monoisotopic (exact) mass is 353 g/mol. The Morgan fingerprint density at radius 3 is 2.62 bits per heavy atom. The maximum atomic E-state index is 12.1. The number of nitrogens with one attached hydrogen (secondary N) is 1. The lowest BCUT2D eigenvalue weighted by Crippen LogP contribution is -2.28. The Balaban J connectivity index is 2.90. The van der Waals surface area contributed by atoms with Crippen LogP contribution in [0.4, 0.5) is 0 Å². The van der Waals surface area contributed by atoms with Crippen LogP contribution in [0.25, 0.3) is 0 Å². The number of hydrogen-bond acceptors (Lipinski definition) is 4. The minimum atomic E-state index is -3.91. The highest BCUT2D eigenvalue weighted by Gasteiger charge is 2.20. The molecule has 0 spiro atoms. The number of carbonyl (C=O) groups is 1. The minimum absolute atomic E-state index is 0.0559. The van der Waals surface area contributed by atoms with Crippen molar-refractivity contribution < 1.29 is 22.5 Å². The number of rotatable bonds is 7. The Hall–Kier alpha value is -0.960. The molecular weight excluding hydrogens is 338 g/mol. The number of aromatic carboxylic acids is 1. The Morgan fingerprint density at radius 2 is 2.10 bits per heavy atom. The van der Waals surface area contributed by atoms with E-state index >= 15 is 0 Å². The molecule has 0 radical (unpaired) electrons. The molecule has 1 aromatic carbocycles. The van der Waals surface area contributed by atoms with Crippen LogP contribution in [0, 0.1) is 0 Å². The van der Waals surface area contributed by atoms with Gasteiger partial charge in [-0.05, 0) is 24.6 Å². The summed E-state index contributed by atoms with van der Waals surface area (Å²) in [5, 5.41) is 8.68. The Labute approximate surface area is 131 Å². The molecule has 1 aromatic rings. The van der Waals surface area contributed by atoms with E-state index in [1.165, 1.54) is 12.1 Å². The first kappa shape index (κ1) is 18.1. The quantitative estimate of drug-likeness (QED) is 0.773. The van der Waals surface area contributed by atoms with Crippen LogP contribution < -0.4 is 4.72 Å². The van der Waals surface area contributed by atoms with E-state index in [9.17, 15) is 17.4 Å². The summed E-state index contributed by atoms with van der Waals surface area (Å²) in [4.78, 5) is 10.6. The molecule has 0 fully saturated rings. The van der Waals surface area contributed by atoms with Crippen molar-refractivity contribution >= 4 is 38.4 Å². The van der Waals surface area contributed by atoms with Crippen molar-refractivity contribution in [3.05, 3.63) is 28.8 Å². The highest BCUT2D eigenvalue weighted by atomic mass is 35.5. The van der Waals surface area contributed by atoms with Gasteiger partial charge in [-0.15, -0.1) is 0 Å². The first-order valence-corrected chi connectivity index (χ1v) is 9.48. The standard InChI is InChI=1S/C12H16ClNO5S2/c1-8(20(2)17)5-6-14-21(18,19)11-7-9(12(15)16)3-4-10(11)13/h3-4,7-8,14H,5-6H2,1-2H3,(H,15,16). The summed E-state index contributed by atoms with van der Waals surface area (Å²) in [6, 6.07) is 3.46. The average Bonchev–Trinajstić information content (AvgIpc) is 2.38. The van der Waals surface area contributed by atoms with Crippen molar-refractivity contribution in [1.82, 2.24) is 4.72 Å². The molecule has 0 amide bonds. The third-order valence-corrected chi connectivity index (χ3v) is 6.19. The second-order valence-corrected chi connectivity index (χ2v) is 8.39. The molecule has 0 aliphatic heterocycles. The van der Waals surface area contributed by atoms with Crippen LogP contribution in [-0.2, 0) is 20.8 Å². The largest absolute Gasteiger partial charge is 0.478 e. The van der Waals surface area contributed by atoms with E-state index in [2.05, 4.69) is 4.72 Å². The molecule has 2 unspecified atom stereocenters. The van der Waals surface area contributed by atoms with Gasteiger partial charge in [0, 0.05) is 28.9 Å². The van der Waals surface area contributed by atoms with E-state index in [4.69, 9.17) is 16.7 Å². The Bertz CT molecular complexity index is 660. The zero-order valence-electron chi connectivity index (χ0n) is 11.5. The summed E-state index contributed by atoms with van der Waals surface area (Å²) in [6.45, 7) is 1.85. The van der Waals surface area contributed by atoms with Gasteiger partial charge in [-0.1, -0.05) is 18.5 Å². The van der Waals surface area contributed by atoms with Gasteiger partial charge >= 0.3 is 5.97 Å². The van der Waals surface area contributed by atoms with Gasteiger partial charge in [-0.25, -0.2) is 17.9 Å². The van der Waals surface area contributed by atoms with E-state index in [1.54, 1.807) is 13.2 Å². The first-order chi connectivity index (χ1) is 9.65. The molecule has 0 aliphatic rings. The minimum Gasteiger partial charge on any atom is -0.478 e. The van der Waals surface area contributed by atoms with Gasteiger partial charge in [0.2, 0.25) is 10.0 Å². The van der Waals surface area contributed by atoms with Crippen LogP contribution in [0.1, 0.15) is 23.7 Å². The molecule has 1 rings (SSSR count). The van der Waals surface area contributed by atoms with E-state index < -0.39 is 26.8 Å². The maximum Gasteiger partial charge on any atom is 0.335 e. The van der Waals surface area contributed by atoms with Gasteiger partial charge in [0.15, 0.2) is 0 Å². The van der Waals surface area contributed by atoms with Gasteiger partial charge in [0.25, 0.3) is 0 Å². The van der Waals surface area contributed by atoms with Crippen LogP contribution in [0.15, 0.2) is 23.1 Å². The topological polar surface area (TPSA) is 101 Å². The van der Waals surface area contributed by atoms with Crippen molar-refractivity contribution in [3.8, 4) is 0 Å². The number of sulfonamides is 1. The summed E-state index contributed by atoms with van der Waals surface area (Å²) >= 11 is 5.82. The molecule has 2 atom stereocenters. The van der Waals surface area contributed by atoms with E-state index in [1.807, 2.05) is 0 Å². The van der Waals surface area contributed by atoms with Gasteiger partial charge in [-0.3, -0.25) is 4.21 Å². The van der Waals surface area contributed by atoms with E-state index in [0.29, 0.717) is 6.42 Å². The molecule has 2 N–H and O–H groups in total. The number of benzene rings is 1. The lowest BCUT2D eigenvalue weighted by molar-refractivity contribution is 0.0696. The maximum absolute atomic E-state index is 12.1. The van der Waals surface area contributed by atoms with Crippen LogP contribution in [-0.4, -0.2) is 41.8 Å². The fraction of sp³-hybridized carbons (Fsp3) is 0.417. The molecule has 21 heavy (non-hydrogen) atoms. The van der Waals surface area contributed by atoms with Gasteiger partial charge in [0.05, 0.1) is 10.6 Å². The highest BCUT2D eigenvalue weighted by Crippen LogP contribution is 2.22. The summed E-state index contributed by atoms with van der Waals surface area (Å²) in [5.41, 5.74) is -0.164. The third-order valence-electron chi connectivity index (χ3n) is 2.88. The number of hydrogen-bond donors (Lipinski definition) is 2. The third kappa shape index (κ3) is 5.06. The summed E-state index contributed by atoms with van der Waals surface area (Å²) < 4.78 is 37.7. The fourth-order valence-corrected chi connectivity index (χ4v) is 3.50. The lowest BCUT2D eigenvalue weighted by atomic mass is 10.2. The van der Waals surface area contributed by atoms with Crippen LogP contribution in [0.3, 0.4) is 0 Å². The summed E-state index contributed by atoms with van der Waals surface area (Å²) in [5.74, 6) is -1.24. The number of carboxylic acid groups (broad SMARTS) is 1. The van der Waals surface area contributed by atoms with Crippen LogP contribution in [0.5, 0.6) is 0 Å². The zero-order chi connectivity index (χ0) is 16.2. The van der Waals surface area contributed by atoms with Gasteiger partial charge in [0.1, 0.15) is 4.90 Å². The molecule has 0 aromatic heterocycles. The molecule has 9 heteroatoms. The molecule has 0 saturated carbocycles. The smallest absolute Gasteiger partial charge is 0.335 e. The molecule has 118 valence electrons. The molecular formula is C12H16ClNO5S2. The molecule has 0 bridgehead atoms. The predicted octanol–water partition coefficient (Wildman–Crippen LogP) is 1.47. The van der Waals surface area contributed by atoms with E-state index in [-0.39, 0.29) is 27.3 Å². The Kier molecular flexibility index (Phi) is 6.33. The molecule has 6 nitrogen and oxygen atoms in total. The average molecular weight is 354 g/mol. The normalized spacial score (nSPS) is 14.6. The molecule has 0 aliphatic carbocycles. The second-order valence-electron chi connectivity index (χ2n) is 4.45. The SMILES string of the molecule is CC(CCNS(=O)(=O)c1cc(C(=O)O)ccc1Cl)S(C)=O. The first-order valence-electron chi connectivity index (χ1n) is 6.00. The van der Waals surface area contributed by atoms with Crippen molar-refractivity contribution in [3.63, 3.8) is 0 Å². The summed E-state index contributed by atoms with van der Waals surface area (Å²) in [7, 11) is -4.95. The van der Waals surface area contributed by atoms with Crippen molar-refractivity contribution in [2.24, 2.45) is 0 Å². The lowest BCUT2D eigenvalue weighted by Gasteiger charge is -2.11. The van der Waals surface area contributed by atoms with Gasteiger partial charge < -0.3 is 5.11 Å². The highest BCUT2D eigenvalue weighted by molar-refractivity contribution is 7.89. The molecule has 0 saturated heterocycles. The van der Waals surface area contributed by atoms with Crippen molar-refractivity contribution in [2.45, 2.75) is 23.5 Å².